The van der Waals surface area contributed by atoms with Crippen molar-refractivity contribution < 1.29 is 9.48 Å². The molecule has 3 heteroatoms. The van der Waals surface area contributed by atoms with Crippen molar-refractivity contribution in [3.63, 3.8) is 0 Å². The van der Waals surface area contributed by atoms with E-state index >= 15 is 0 Å². The lowest BCUT2D eigenvalue weighted by Crippen LogP contribution is -2.02. The van der Waals surface area contributed by atoms with Gasteiger partial charge in [0.25, 0.3) is 0 Å². The molecule has 0 heterocycles. The van der Waals surface area contributed by atoms with Crippen LogP contribution in [-0.2, 0) is 0 Å². The van der Waals surface area contributed by atoms with Gasteiger partial charge >= 0.3 is 0 Å². The van der Waals surface area contributed by atoms with Gasteiger partial charge in [-0.3, -0.25) is 0 Å². The molecule has 1 rings (SSSR count). The summed E-state index contributed by atoms with van der Waals surface area (Å²) in [7, 11) is 1.60. The molecule has 3 nitrogen and oxygen atoms in total. The molecule has 0 saturated carbocycles. The molecule has 1 aromatic carbocycles. The highest BCUT2D eigenvalue weighted by Crippen LogP contribution is 2.16. The summed E-state index contributed by atoms with van der Waals surface area (Å²) in [5.74, 6) is 1.00. The highest BCUT2D eigenvalue weighted by molar-refractivity contribution is 5.56. The molecule has 0 saturated heterocycles. The fourth-order valence-electron chi connectivity index (χ4n) is 1.09. The highest BCUT2D eigenvalue weighted by Gasteiger charge is 2.02. The minimum absolute atomic E-state index is 0.245. The molecule has 0 aliphatic heterocycles. The summed E-state index contributed by atoms with van der Waals surface area (Å²) in [6.45, 7) is 3.93. The Morgan fingerprint density at radius 3 is 2.29 bits per heavy atom. The van der Waals surface area contributed by atoms with E-state index < -0.39 is 0 Å². The van der Waals surface area contributed by atoms with Crippen LogP contribution in [0.5, 0.6) is 5.75 Å². The Labute approximate surface area is 84.2 Å². The summed E-state index contributed by atoms with van der Waals surface area (Å²) >= 11 is 0. The molecule has 0 fully saturated rings. The van der Waals surface area contributed by atoms with Crippen LogP contribution in [0.2, 0.25) is 0 Å². The largest absolute Gasteiger partial charge is 0.619 e. The van der Waals surface area contributed by atoms with Crippen molar-refractivity contribution in [1.29, 1.82) is 0 Å². The monoisotopic (exact) mass is 193 g/mol. The molecule has 76 valence electrons. The van der Waals surface area contributed by atoms with E-state index in [0.29, 0.717) is 5.69 Å². The molecule has 0 bridgehead atoms. The van der Waals surface area contributed by atoms with Gasteiger partial charge in [-0.1, -0.05) is 13.8 Å². The van der Waals surface area contributed by atoms with E-state index in [4.69, 9.17) is 4.74 Å². The Balaban J connectivity index is 2.86. The SMILES string of the molecule is COc1ccc(/[N+]([O-])=C/C(C)C)cc1. The summed E-state index contributed by atoms with van der Waals surface area (Å²) in [5.41, 5.74) is 0.625. The summed E-state index contributed by atoms with van der Waals surface area (Å²) < 4.78 is 5.88. The molecule has 0 spiro atoms. The fraction of sp³-hybridized carbons (Fsp3) is 0.364. The van der Waals surface area contributed by atoms with E-state index in [1.807, 2.05) is 13.8 Å². The van der Waals surface area contributed by atoms with Gasteiger partial charge in [0, 0.05) is 18.1 Å². The molecule has 14 heavy (non-hydrogen) atoms. The maximum absolute atomic E-state index is 11.5. The minimum atomic E-state index is 0.245. The average molecular weight is 193 g/mol. The average Bonchev–Trinajstić information content (AvgIpc) is 2.17. The predicted octanol–water partition coefficient (Wildman–Crippen LogP) is 2.56. The maximum Gasteiger partial charge on any atom is 0.216 e. The zero-order valence-electron chi connectivity index (χ0n) is 8.73. The Kier molecular flexibility index (Phi) is 3.51. The Hall–Kier alpha value is -1.51. The molecule has 0 aromatic heterocycles. The first-order valence-electron chi connectivity index (χ1n) is 4.59. The van der Waals surface area contributed by atoms with Gasteiger partial charge in [0.1, 0.15) is 5.75 Å². The second-order valence-corrected chi connectivity index (χ2v) is 3.42. The quantitative estimate of drug-likeness (QED) is 0.320. The van der Waals surface area contributed by atoms with Gasteiger partial charge in [-0.05, 0) is 12.1 Å². The summed E-state index contributed by atoms with van der Waals surface area (Å²) in [6, 6.07) is 7.03. The third kappa shape index (κ3) is 2.76. The minimum Gasteiger partial charge on any atom is -0.619 e. The number of hydrogen-bond acceptors (Lipinski definition) is 2. The van der Waals surface area contributed by atoms with Crippen LogP contribution in [-0.4, -0.2) is 18.1 Å². The molecular weight excluding hydrogens is 178 g/mol. The number of methoxy groups -OCH3 is 1. The molecule has 0 aliphatic carbocycles. The third-order valence-corrected chi connectivity index (χ3v) is 1.76. The van der Waals surface area contributed by atoms with Crippen molar-refractivity contribution >= 4 is 11.9 Å². The van der Waals surface area contributed by atoms with Crippen LogP contribution in [0.4, 0.5) is 5.69 Å². The molecule has 0 unspecified atom stereocenters. The van der Waals surface area contributed by atoms with Crippen LogP contribution in [0.25, 0.3) is 0 Å². The van der Waals surface area contributed by atoms with Crippen molar-refractivity contribution in [1.82, 2.24) is 0 Å². The second kappa shape index (κ2) is 4.65. The fourth-order valence-corrected chi connectivity index (χ4v) is 1.09. The predicted molar refractivity (Wildman–Crippen MR) is 57.2 cm³/mol. The molecule has 0 amide bonds. The standard InChI is InChI=1S/C11H15NO2/c1-9(2)8-12(13)10-4-6-11(14-3)7-5-10/h4-9H,1-3H3/b12-8-. The van der Waals surface area contributed by atoms with E-state index in [1.165, 1.54) is 0 Å². The lowest BCUT2D eigenvalue weighted by atomic mass is 10.2. The Bertz CT molecular complexity index is 315. The zero-order chi connectivity index (χ0) is 10.6. The first-order valence-corrected chi connectivity index (χ1v) is 4.59. The molecule has 1 aromatic rings. The Morgan fingerprint density at radius 1 is 1.29 bits per heavy atom. The summed E-state index contributed by atoms with van der Waals surface area (Å²) in [5, 5.41) is 11.5. The Morgan fingerprint density at radius 2 is 1.86 bits per heavy atom. The number of benzene rings is 1. The topological polar surface area (TPSA) is 35.3 Å². The third-order valence-electron chi connectivity index (χ3n) is 1.76. The van der Waals surface area contributed by atoms with E-state index in [2.05, 4.69) is 0 Å². The van der Waals surface area contributed by atoms with Crippen molar-refractivity contribution in [2.24, 2.45) is 5.92 Å². The first kappa shape index (κ1) is 10.6. The first-order chi connectivity index (χ1) is 6.63. The van der Waals surface area contributed by atoms with E-state index in [9.17, 15) is 5.21 Å². The van der Waals surface area contributed by atoms with Crippen LogP contribution in [0.3, 0.4) is 0 Å². The van der Waals surface area contributed by atoms with Gasteiger partial charge in [0.15, 0.2) is 6.21 Å². The van der Waals surface area contributed by atoms with Crippen molar-refractivity contribution in [2.45, 2.75) is 13.8 Å². The van der Waals surface area contributed by atoms with E-state index in [1.54, 1.807) is 37.6 Å². The maximum atomic E-state index is 11.5. The molecule has 0 atom stereocenters. The lowest BCUT2D eigenvalue weighted by Gasteiger charge is -2.05. The second-order valence-electron chi connectivity index (χ2n) is 3.42. The van der Waals surface area contributed by atoms with Crippen molar-refractivity contribution in [2.75, 3.05) is 7.11 Å². The smallest absolute Gasteiger partial charge is 0.216 e. The summed E-state index contributed by atoms with van der Waals surface area (Å²) in [4.78, 5) is 0. The van der Waals surface area contributed by atoms with Crippen LogP contribution >= 0.6 is 0 Å². The van der Waals surface area contributed by atoms with Crippen molar-refractivity contribution in [3.8, 4) is 5.75 Å². The molecule has 0 radical (unpaired) electrons. The highest BCUT2D eigenvalue weighted by atomic mass is 16.5. The van der Waals surface area contributed by atoms with Gasteiger partial charge in [0.2, 0.25) is 5.69 Å². The van der Waals surface area contributed by atoms with E-state index in [-0.39, 0.29) is 5.92 Å². The van der Waals surface area contributed by atoms with Gasteiger partial charge in [-0.15, -0.1) is 0 Å². The molecule has 0 aliphatic rings. The van der Waals surface area contributed by atoms with Crippen LogP contribution in [0, 0.1) is 11.1 Å². The molecule has 0 N–H and O–H groups in total. The summed E-state index contributed by atoms with van der Waals surface area (Å²) in [6.07, 6.45) is 1.63. The van der Waals surface area contributed by atoms with Gasteiger partial charge in [-0.25, -0.2) is 0 Å². The van der Waals surface area contributed by atoms with E-state index in [0.717, 1.165) is 10.5 Å². The number of rotatable bonds is 3. The number of ether oxygens (including phenoxy) is 1. The van der Waals surface area contributed by atoms with Gasteiger partial charge in [-0.2, -0.15) is 4.74 Å². The molecular formula is C11H15NO2. The van der Waals surface area contributed by atoms with Crippen LogP contribution in [0.1, 0.15) is 13.8 Å². The number of hydrogen-bond donors (Lipinski definition) is 0. The van der Waals surface area contributed by atoms with Gasteiger partial charge < -0.3 is 9.94 Å². The lowest BCUT2D eigenvalue weighted by molar-refractivity contribution is -0.357. The zero-order valence-corrected chi connectivity index (χ0v) is 8.73. The van der Waals surface area contributed by atoms with Crippen LogP contribution in [0.15, 0.2) is 24.3 Å². The van der Waals surface area contributed by atoms with Gasteiger partial charge in [0.05, 0.1) is 7.11 Å². The van der Waals surface area contributed by atoms with Crippen molar-refractivity contribution in [3.05, 3.63) is 29.5 Å². The normalized spacial score (nSPS) is 11.9. The van der Waals surface area contributed by atoms with Crippen LogP contribution < -0.4 is 4.74 Å². The number of nitrogens with zero attached hydrogens (tertiary/aromatic N) is 1.